The third-order valence-corrected chi connectivity index (χ3v) is 3.53. The van der Waals surface area contributed by atoms with E-state index in [9.17, 15) is 4.79 Å². The van der Waals surface area contributed by atoms with Crippen molar-refractivity contribution < 1.29 is 14.3 Å². The van der Waals surface area contributed by atoms with Crippen molar-refractivity contribution in [2.45, 2.75) is 38.6 Å². The Morgan fingerprint density at radius 2 is 2.16 bits per heavy atom. The summed E-state index contributed by atoms with van der Waals surface area (Å²) < 4.78 is 11.0. The lowest BCUT2D eigenvalue weighted by Gasteiger charge is -2.25. The van der Waals surface area contributed by atoms with E-state index in [1.165, 1.54) is 0 Å². The van der Waals surface area contributed by atoms with E-state index in [4.69, 9.17) is 9.47 Å². The summed E-state index contributed by atoms with van der Waals surface area (Å²) in [5.74, 6) is 1.57. The lowest BCUT2D eigenvalue weighted by Crippen LogP contribution is -2.35. The topological polar surface area (TPSA) is 47.6 Å². The molecular weight excluding hydrogens is 242 g/mol. The van der Waals surface area contributed by atoms with Gasteiger partial charge in [0.15, 0.2) is 11.5 Å². The van der Waals surface area contributed by atoms with Gasteiger partial charge in [0.2, 0.25) is 5.91 Å². The lowest BCUT2D eigenvalue weighted by molar-refractivity contribution is -0.119. The Morgan fingerprint density at radius 3 is 2.74 bits per heavy atom. The number of hydrogen-bond donors (Lipinski definition) is 1. The summed E-state index contributed by atoms with van der Waals surface area (Å²) >= 11 is 0. The Hall–Kier alpha value is -1.71. The molecule has 0 aliphatic carbocycles. The van der Waals surface area contributed by atoms with Gasteiger partial charge in [-0.3, -0.25) is 4.79 Å². The maximum Gasteiger partial charge on any atom is 0.220 e. The van der Waals surface area contributed by atoms with Crippen molar-refractivity contribution in [2.24, 2.45) is 0 Å². The van der Waals surface area contributed by atoms with Crippen LogP contribution in [0.4, 0.5) is 0 Å². The lowest BCUT2D eigenvalue weighted by atomic mass is 9.90. The summed E-state index contributed by atoms with van der Waals surface area (Å²) in [5.41, 5.74) is 0.762. The van der Waals surface area contributed by atoms with E-state index in [0.29, 0.717) is 13.0 Å². The van der Waals surface area contributed by atoms with Crippen LogP contribution in [0.5, 0.6) is 11.5 Å². The second kappa shape index (κ2) is 5.51. The van der Waals surface area contributed by atoms with Crippen LogP contribution in [0.1, 0.15) is 38.7 Å². The molecule has 1 aliphatic heterocycles. The van der Waals surface area contributed by atoms with E-state index < -0.39 is 0 Å². The van der Waals surface area contributed by atoms with Gasteiger partial charge < -0.3 is 14.8 Å². The Morgan fingerprint density at radius 1 is 1.37 bits per heavy atom. The van der Waals surface area contributed by atoms with Gasteiger partial charge in [0.25, 0.3) is 0 Å². The molecule has 1 fully saturated rings. The van der Waals surface area contributed by atoms with Gasteiger partial charge in [0.1, 0.15) is 0 Å². The third kappa shape index (κ3) is 2.83. The van der Waals surface area contributed by atoms with Gasteiger partial charge in [-0.25, -0.2) is 0 Å². The number of carbonyl (C=O) groups is 1. The Labute approximate surface area is 114 Å². The normalized spacial score (nSPS) is 22.2. The van der Waals surface area contributed by atoms with Crippen molar-refractivity contribution in [3.8, 4) is 11.5 Å². The Kier molecular flexibility index (Phi) is 3.98. The fourth-order valence-corrected chi connectivity index (χ4v) is 2.36. The van der Waals surface area contributed by atoms with Gasteiger partial charge in [-0.2, -0.15) is 0 Å². The fourth-order valence-electron chi connectivity index (χ4n) is 2.36. The highest BCUT2D eigenvalue weighted by Gasteiger charge is 2.35. The zero-order chi connectivity index (χ0) is 13.9. The summed E-state index contributed by atoms with van der Waals surface area (Å²) in [6.45, 7) is 4.76. The minimum atomic E-state index is -0.298. The van der Waals surface area contributed by atoms with Gasteiger partial charge in [0.05, 0.1) is 19.3 Å². The monoisotopic (exact) mass is 263 g/mol. The van der Waals surface area contributed by atoms with E-state index in [1.807, 2.05) is 25.1 Å². The van der Waals surface area contributed by atoms with Crippen molar-refractivity contribution in [3.63, 3.8) is 0 Å². The predicted octanol–water partition coefficient (Wildman–Crippen LogP) is 2.61. The number of methoxy groups -OCH3 is 1. The summed E-state index contributed by atoms with van der Waals surface area (Å²) in [6, 6.07) is 5.86. The molecule has 1 saturated heterocycles. The molecule has 1 heterocycles. The molecule has 19 heavy (non-hydrogen) atoms. The van der Waals surface area contributed by atoms with Crippen molar-refractivity contribution >= 4 is 5.91 Å². The predicted molar refractivity (Wildman–Crippen MR) is 73.5 cm³/mol. The summed E-state index contributed by atoms with van der Waals surface area (Å²) in [7, 11) is 1.63. The molecular formula is C15H21NO3. The molecule has 1 amide bonds. The van der Waals surface area contributed by atoms with Gasteiger partial charge in [-0.15, -0.1) is 0 Å². The van der Waals surface area contributed by atoms with Crippen LogP contribution in [0, 0.1) is 0 Å². The van der Waals surface area contributed by atoms with Gasteiger partial charge >= 0.3 is 0 Å². The number of benzene rings is 1. The van der Waals surface area contributed by atoms with Crippen LogP contribution >= 0.6 is 0 Å². The van der Waals surface area contributed by atoms with Gasteiger partial charge in [0, 0.05) is 6.42 Å². The maximum atomic E-state index is 11.4. The van der Waals surface area contributed by atoms with E-state index in [-0.39, 0.29) is 11.4 Å². The van der Waals surface area contributed by atoms with Crippen LogP contribution in [0.15, 0.2) is 18.2 Å². The first-order valence-electron chi connectivity index (χ1n) is 6.71. The van der Waals surface area contributed by atoms with Crippen LogP contribution in [-0.2, 0) is 10.3 Å². The molecule has 1 N–H and O–H groups in total. The minimum absolute atomic E-state index is 0.106. The first kappa shape index (κ1) is 13.7. The van der Waals surface area contributed by atoms with Crippen LogP contribution in [-0.4, -0.2) is 19.6 Å². The molecule has 0 spiro atoms. The quantitative estimate of drug-likeness (QED) is 0.888. The summed E-state index contributed by atoms with van der Waals surface area (Å²) in [5, 5.41) is 3.03. The second-order valence-corrected chi connectivity index (χ2v) is 5.09. The first-order valence-corrected chi connectivity index (χ1v) is 6.71. The first-order chi connectivity index (χ1) is 9.09. The number of nitrogens with one attached hydrogen (secondary N) is 1. The SMILES string of the molecule is CCCOc1cc([C@@]2(C)CCC(=O)N2)ccc1OC. The van der Waals surface area contributed by atoms with Crippen LogP contribution < -0.4 is 14.8 Å². The van der Waals surface area contributed by atoms with Crippen molar-refractivity contribution in [1.82, 2.24) is 5.32 Å². The van der Waals surface area contributed by atoms with E-state index in [1.54, 1.807) is 7.11 Å². The second-order valence-electron chi connectivity index (χ2n) is 5.09. The summed E-state index contributed by atoms with van der Waals surface area (Å²) in [6.07, 6.45) is 2.33. The number of carbonyl (C=O) groups excluding carboxylic acids is 1. The smallest absolute Gasteiger partial charge is 0.220 e. The molecule has 0 unspecified atom stereocenters. The highest BCUT2D eigenvalue weighted by Crippen LogP contribution is 2.36. The van der Waals surface area contributed by atoms with Crippen LogP contribution in [0.3, 0.4) is 0 Å². The van der Waals surface area contributed by atoms with Crippen molar-refractivity contribution in [1.29, 1.82) is 0 Å². The number of rotatable bonds is 5. The van der Waals surface area contributed by atoms with E-state index >= 15 is 0 Å². The highest BCUT2D eigenvalue weighted by atomic mass is 16.5. The molecule has 4 nitrogen and oxygen atoms in total. The van der Waals surface area contributed by atoms with Crippen molar-refractivity contribution in [3.05, 3.63) is 23.8 Å². The molecule has 1 aliphatic rings. The Balaban J connectivity index is 2.29. The molecule has 104 valence electrons. The molecule has 1 atom stereocenters. The van der Waals surface area contributed by atoms with Gasteiger partial charge in [-0.1, -0.05) is 13.0 Å². The van der Waals surface area contributed by atoms with Gasteiger partial charge in [-0.05, 0) is 37.5 Å². The molecule has 0 aromatic heterocycles. The standard InChI is InChI=1S/C15H21NO3/c1-4-9-19-13-10-11(5-6-12(13)18-3)15(2)8-7-14(17)16-15/h5-6,10H,4,7-9H2,1-3H3,(H,16,17)/t15-/m1/s1. The van der Waals surface area contributed by atoms with Crippen LogP contribution in [0.2, 0.25) is 0 Å². The molecule has 0 radical (unpaired) electrons. The zero-order valence-electron chi connectivity index (χ0n) is 11.8. The molecule has 4 heteroatoms. The van der Waals surface area contributed by atoms with Crippen molar-refractivity contribution in [2.75, 3.05) is 13.7 Å². The Bertz CT molecular complexity index is 472. The molecule has 1 aromatic carbocycles. The third-order valence-electron chi connectivity index (χ3n) is 3.53. The average molecular weight is 263 g/mol. The molecule has 1 aromatic rings. The van der Waals surface area contributed by atoms with E-state index in [0.717, 1.165) is 29.9 Å². The molecule has 0 bridgehead atoms. The highest BCUT2D eigenvalue weighted by molar-refractivity contribution is 5.79. The average Bonchev–Trinajstić information content (AvgIpc) is 2.77. The number of ether oxygens (including phenoxy) is 2. The fraction of sp³-hybridized carbons (Fsp3) is 0.533. The molecule has 2 rings (SSSR count). The largest absolute Gasteiger partial charge is 0.493 e. The minimum Gasteiger partial charge on any atom is -0.493 e. The zero-order valence-corrected chi connectivity index (χ0v) is 11.8. The number of amides is 1. The van der Waals surface area contributed by atoms with Crippen LogP contribution in [0.25, 0.3) is 0 Å². The van der Waals surface area contributed by atoms with E-state index in [2.05, 4.69) is 12.2 Å². The number of hydrogen-bond acceptors (Lipinski definition) is 3. The summed E-state index contributed by atoms with van der Waals surface area (Å²) in [4.78, 5) is 11.4. The maximum absolute atomic E-state index is 11.4. The molecule has 0 saturated carbocycles.